The van der Waals surface area contributed by atoms with E-state index in [2.05, 4.69) is 0 Å². The van der Waals surface area contributed by atoms with Crippen LogP contribution in [0.1, 0.15) is 51.4 Å². The van der Waals surface area contributed by atoms with Crippen molar-refractivity contribution in [3.8, 4) is 0 Å². The van der Waals surface area contributed by atoms with Crippen molar-refractivity contribution in [2.75, 3.05) is 0 Å². The Balaban J connectivity index is 1.86. The van der Waals surface area contributed by atoms with Gasteiger partial charge in [-0.3, -0.25) is 0 Å². The van der Waals surface area contributed by atoms with Crippen LogP contribution in [0.2, 0.25) is 0 Å². The highest BCUT2D eigenvalue weighted by Crippen LogP contribution is 2.31. The fourth-order valence-corrected chi connectivity index (χ4v) is 7.82. The lowest BCUT2D eigenvalue weighted by molar-refractivity contribution is 0.507. The Hall–Kier alpha value is 0.880. The van der Waals surface area contributed by atoms with Gasteiger partial charge in [-0.05, 0) is 51.4 Å². The largest absolute Gasteiger partial charge is 0.245 e. The fourth-order valence-electron chi connectivity index (χ4n) is 2.70. The molecule has 0 bridgehead atoms. The van der Waals surface area contributed by atoms with Crippen molar-refractivity contribution in [1.82, 2.24) is 0 Å². The summed E-state index contributed by atoms with van der Waals surface area (Å²) in [4.78, 5) is 0. The molecule has 0 aromatic rings. The molecule has 0 amide bonds. The predicted octanol–water partition coefficient (Wildman–Crippen LogP) is 3.50. The predicted molar refractivity (Wildman–Crippen MR) is 80.1 cm³/mol. The van der Waals surface area contributed by atoms with E-state index >= 15 is 0 Å². The fraction of sp³-hybridized carbons (Fsp3) is 1.00. The summed E-state index contributed by atoms with van der Waals surface area (Å²) in [6.45, 7) is 0. The first kappa shape index (κ1) is 15.3. The molecule has 0 saturated heterocycles. The van der Waals surface area contributed by atoms with E-state index in [9.17, 15) is 8.42 Å². The minimum absolute atomic E-state index is 0.0922. The van der Waals surface area contributed by atoms with Crippen LogP contribution in [-0.4, -0.2) is 29.7 Å². The van der Waals surface area contributed by atoms with Crippen molar-refractivity contribution in [3.05, 3.63) is 0 Å². The zero-order valence-electron chi connectivity index (χ0n) is 10.4. The van der Waals surface area contributed by atoms with Gasteiger partial charge in [0.2, 0.25) is 0 Å². The summed E-state index contributed by atoms with van der Waals surface area (Å²) in [5.74, 6) is 0. The van der Waals surface area contributed by atoms with Crippen molar-refractivity contribution < 1.29 is 8.42 Å². The first-order valence-corrected chi connectivity index (χ1v) is 10.5. The minimum Gasteiger partial charge on any atom is -0.245 e. The summed E-state index contributed by atoms with van der Waals surface area (Å²) >= 11 is 12.1. The zero-order valence-corrected chi connectivity index (χ0v) is 13.5. The SMILES string of the molecule is O=S(C1CCC(Cl)CC1)S(=O)C1CCC(Cl)CC1. The van der Waals surface area contributed by atoms with Crippen LogP contribution < -0.4 is 0 Å². The smallest absolute Gasteiger partial charge is 0.114 e. The lowest BCUT2D eigenvalue weighted by atomic mass is 10.00. The lowest BCUT2D eigenvalue weighted by Gasteiger charge is -2.28. The van der Waals surface area contributed by atoms with E-state index < -0.39 is 19.7 Å². The average molecular weight is 331 g/mol. The molecule has 2 saturated carbocycles. The topological polar surface area (TPSA) is 34.1 Å². The molecule has 0 aliphatic heterocycles. The van der Waals surface area contributed by atoms with Gasteiger partial charge in [0.15, 0.2) is 0 Å². The highest BCUT2D eigenvalue weighted by molar-refractivity contribution is 8.61. The summed E-state index contributed by atoms with van der Waals surface area (Å²) in [6.07, 6.45) is 7.06. The van der Waals surface area contributed by atoms with E-state index in [-0.39, 0.29) is 21.3 Å². The van der Waals surface area contributed by atoms with E-state index in [4.69, 9.17) is 23.2 Å². The third-order valence-corrected chi connectivity index (χ3v) is 9.75. The second-order valence-electron chi connectivity index (χ2n) is 5.27. The normalized spacial score (nSPS) is 41.2. The Bertz CT molecular complexity index is 290. The molecule has 0 heterocycles. The molecule has 2 atom stereocenters. The van der Waals surface area contributed by atoms with Crippen LogP contribution in [0.25, 0.3) is 0 Å². The third kappa shape index (κ3) is 3.94. The molecule has 2 fully saturated rings. The number of alkyl halides is 2. The van der Waals surface area contributed by atoms with Crippen LogP contribution in [-0.2, 0) is 19.7 Å². The summed E-state index contributed by atoms with van der Waals surface area (Å²) in [7, 11) is -2.41. The van der Waals surface area contributed by atoms with Gasteiger partial charge in [0.25, 0.3) is 0 Å². The van der Waals surface area contributed by atoms with E-state index in [0.717, 1.165) is 51.4 Å². The summed E-state index contributed by atoms with van der Waals surface area (Å²) in [5.41, 5.74) is 0. The van der Waals surface area contributed by atoms with E-state index in [0.29, 0.717) is 0 Å². The minimum atomic E-state index is -1.20. The monoisotopic (exact) mass is 330 g/mol. The molecule has 6 heteroatoms. The van der Waals surface area contributed by atoms with Gasteiger partial charge in [-0.1, -0.05) is 0 Å². The van der Waals surface area contributed by atoms with Crippen LogP contribution >= 0.6 is 23.2 Å². The molecule has 2 aliphatic rings. The van der Waals surface area contributed by atoms with Crippen LogP contribution in [0, 0.1) is 0 Å². The van der Waals surface area contributed by atoms with Gasteiger partial charge in [-0.25, -0.2) is 8.42 Å². The first-order valence-electron chi connectivity index (χ1n) is 6.67. The molecular weight excluding hydrogens is 311 g/mol. The Morgan fingerprint density at radius 3 is 1.17 bits per heavy atom. The molecular formula is C12H20Cl2O2S2. The van der Waals surface area contributed by atoms with Crippen molar-refractivity contribution in [3.63, 3.8) is 0 Å². The molecule has 0 aromatic heterocycles. The van der Waals surface area contributed by atoms with Gasteiger partial charge in [0.05, 0.1) is 0 Å². The number of rotatable bonds is 3. The zero-order chi connectivity index (χ0) is 13.1. The Labute approximate surface area is 123 Å². The Morgan fingerprint density at radius 1 is 0.611 bits per heavy atom. The molecule has 2 aliphatic carbocycles. The molecule has 2 rings (SSSR count). The summed E-state index contributed by atoms with van der Waals surface area (Å²) in [6, 6.07) is 0. The van der Waals surface area contributed by atoms with Gasteiger partial charge in [0, 0.05) is 21.3 Å². The van der Waals surface area contributed by atoms with Crippen LogP contribution in [0.3, 0.4) is 0 Å². The molecule has 106 valence electrons. The first-order chi connectivity index (χ1) is 8.58. The second-order valence-corrected chi connectivity index (χ2v) is 10.8. The van der Waals surface area contributed by atoms with Crippen molar-refractivity contribution in [2.45, 2.75) is 72.6 Å². The molecule has 0 radical (unpaired) electrons. The Kier molecular flexibility index (Phi) is 5.98. The number of halogens is 2. The number of hydrogen-bond donors (Lipinski definition) is 0. The summed E-state index contributed by atoms with van der Waals surface area (Å²) < 4.78 is 24.6. The molecule has 18 heavy (non-hydrogen) atoms. The molecule has 0 N–H and O–H groups in total. The molecule has 2 unspecified atom stereocenters. The van der Waals surface area contributed by atoms with Crippen molar-refractivity contribution in [1.29, 1.82) is 0 Å². The molecule has 2 nitrogen and oxygen atoms in total. The van der Waals surface area contributed by atoms with Crippen molar-refractivity contribution in [2.24, 2.45) is 0 Å². The second kappa shape index (κ2) is 7.05. The van der Waals surface area contributed by atoms with Gasteiger partial charge in [-0.15, -0.1) is 23.2 Å². The maximum Gasteiger partial charge on any atom is 0.114 e. The van der Waals surface area contributed by atoms with Crippen LogP contribution in [0.5, 0.6) is 0 Å². The third-order valence-electron chi connectivity index (χ3n) is 3.91. The summed E-state index contributed by atoms with van der Waals surface area (Å²) in [5, 5.41) is 0.626. The number of hydrogen-bond acceptors (Lipinski definition) is 2. The van der Waals surface area contributed by atoms with E-state index in [1.807, 2.05) is 0 Å². The quantitative estimate of drug-likeness (QED) is 0.586. The molecule has 0 spiro atoms. The maximum absolute atomic E-state index is 12.3. The van der Waals surface area contributed by atoms with Gasteiger partial charge >= 0.3 is 0 Å². The lowest BCUT2D eigenvalue weighted by Crippen LogP contribution is -2.31. The van der Waals surface area contributed by atoms with E-state index in [1.165, 1.54) is 0 Å². The van der Waals surface area contributed by atoms with Gasteiger partial charge in [0.1, 0.15) is 19.7 Å². The van der Waals surface area contributed by atoms with Gasteiger partial charge < -0.3 is 0 Å². The average Bonchev–Trinajstić information content (AvgIpc) is 2.39. The van der Waals surface area contributed by atoms with Crippen LogP contribution in [0.15, 0.2) is 0 Å². The highest BCUT2D eigenvalue weighted by atomic mass is 35.5. The van der Waals surface area contributed by atoms with Crippen molar-refractivity contribution >= 4 is 42.9 Å². The highest BCUT2D eigenvalue weighted by Gasteiger charge is 2.33. The molecule has 0 aromatic carbocycles. The Morgan fingerprint density at radius 2 is 0.889 bits per heavy atom. The maximum atomic E-state index is 12.3. The van der Waals surface area contributed by atoms with Crippen LogP contribution in [0.4, 0.5) is 0 Å². The van der Waals surface area contributed by atoms with E-state index in [1.54, 1.807) is 0 Å². The van der Waals surface area contributed by atoms with Gasteiger partial charge in [-0.2, -0.15) is 0 Å². The standard InChI is InChI=1S/C12H20Cl2O2S2/c13-9-1-5-11(6-2-9)17(15)18(16)12-7-3-10(14)4-8-12/h9-12H,1-8H2.